The molecule has 24 heavy (non-hydrogen) atoms. The van der Waals surface area contributed by atoms with Gasteiger partial charge < -0.3 is 4.74 Å². The first kappa shape index (κ1) is 20.5. The molecule has 0 aliphatic rings. The van der Waals surface area contributed by atoms with Gasteiger partial charge in [0.25, 0.3) is 0 Å². The van der Waals surface area contributed by atoms with E-state index >= 15 is 0 Å². The number of hydrogen-bond donors (Lipinski definition) is 0. The third-order valence-electron chi connectivity index (χ3n) is 4.72. The van der Waals surface area contributed by atoms with Gasteiger partial charge in [-0.1, -0.05) is 52.7 Å². The van der Waals surface area contributed by atoms with Crippen LogP contribution in [0.4, 0.5) is 0 Å². The fourth-order valence-electron chi connectivity index (χ4n) is 2.87. The number of hydrogen-bond acceptors (Lipinski definition) is 2. The number of benzene rings is 1. The van der Waals surface area contributed by atoms with Crippen molar-refractivity contribution in [2.45, 2.75) is 66.7 Å². The van der Waals surface area contributed by atoms with Crippen LogP contribution in [0.25, 0.3) is 5.57 Å². The Kier molecular flexibility index (Phi) is 8.81. The molecule has 0 fully saturated rings. The molecule has 1 aromatic rings. The Morgan fingerprint density at radius 3 is 2.42 bits per heavy atom. The maximum atomic E-state index is 12.3. The highest BCUT2D eigenvalue weighted by atomic mass is 16.5. The van der Waals surface area contributed by atoms with Crippen LogP contribution in [0.15, 0.2) is 24.8 Å². The van der Waals surface area contributed by atoms with Gasteiger partial charge in [0.2, 0.25) is 0 Å². The first-order valence-electron chi connectivity index (χ1n) is 9.38. The second kappa shape index (κ2) is 10.3. The van der Waals surface area contributed by atoms with Gasteiger partial charge in [0.1, 0.15) is 5.75 Å². The molecule has 0 amide bonds. The van der Waals surface area contributed by atoms with Crippen molar-refractivity contribution < 1.29 is 9.53 Å². The molecular weight excluding hydrogens is 296 g/mol. The molecule has 2 atom stereocenters. The molecule has 0 N–H and O–H groups in total. The first-order valence-corrected chi connectivity index (χ1v) is 9.38. The zero-order valence-electron chi connectivity index (χ0n) is 16.2. The number of ketones is 1. The van der Waals surface area contributed by atoms with Crippen molar-refractivity contribution in [3.05, 3.63) is 35.9 Å². The molecule has 0 saturated heterocycles. The Bertz CT molecular complexity index is 545. The van der Waals surface area contributed by atoms with Gasteiger partial charge in [-0.2, -0.15) is 0 Å². The third-order valence-corrected chi connectivity index (χ3v) is 4.72. The SMILES string of the molecule is C=C(C)c1cc(OCC(CC)CC(C)CC)ccc1C(=O)CCC. The minimum atomic E-state index is 0.185. The van der Waals surface area contributed by atoms with Crippen molar-refractivity contribution in [2.24, 2.45) is 11.8 Å². The highest BCUT2D eigenvalue weighted by Crippen LogP contribution is 2.26. The number of ether oxygens (including phenoxy) is 1. The number of carbonyl (C=O) groups is 1. The van der Waals surface area contributed by atoms with Crippen molar-refractivity contribution >= 4 is 11.4 Å². The van der Waals surface area contributed by atoms with Crippen LogP contribution in [0, 0.1) is 11.8 Å². The van der Waals surface area contributed by atoms with Gasteiger partial charge >= 0.3 is 0 Å². The Balaban J connectivity index is 2.84. The van der Waals surface area contributed by atoms with E-state index in [2.05, 4.69) is 27.4 Å². The number of Topliss-reactive ketones (excluding diaryl/α,β-unsaturated/α-hetero) is 1. The lowest BCUT2D eigenvalue weighted by Gasteiger charge is -2.20. The van der Waals surface area contributed by atoms with Crippen LogP contribution in [0.5, 0.6) is 5.75 Å². The zero-order valence-corrected chi connectivity index (χ0v) is 16.2. The number of rotatable bonds is 11. The minimum absolute atomic E-state index is 0.185. The van der Waals surface area contributed by atoms with E-state index in [4.69, 9.17) is 4.74 Å². The Hall–Kier alpha value is -1.57. The van der Waals surface area contributed by atoms with Crippen LogP contribution in [-0.2, 0) is 0 Å². The largest absolute Gasteiger partial charge is 0.493 e. The third kappa shape index (κ3) is 6.14. The van der Waals surface area contributed by atoms with Gasteiger partial charge in [0.05, 0.1) is 6.61 Å². The van der Waals surface area contributed by atoms with E-state index in [0.29, 0.717) is 12.3 Å². The maximum absolute atomic E-state index is 12.3. The predicted molar refractivity (Wildman–Crippen MR) is 104 cm³/mol. The van der Waals surface area contributed by atoms with Crippen LogP contribution < -0.4 is 4.74 Å². The van der Waals surface area contributed by atoms with Crippen molar-refractivity contribution in [3.63, 3.8) is 0 Å². The average molecular weight is 331 g/mol. The molecule has 2 unspecified atom stereocenters. The Labute approximate surface area is 148 Å². The molecule has 0 aliphatic carbocycles. The van der Waals surface area contributed by atoms with E-state index in [-0.39, 0.29) is 5.78 Å². The van der Waals surface area contributed by atoms with E-state index in [0.717, 1.165) is 47.8 Å². The smallest absolute Gasteiger partial charge is 0.163 e. The van der Waals surface area contributed by atoms with Crippen molar-refractivity contribution in [3.8, 4) is 5.75 Å². The summed E-state index contributed by atoms with van der Waals surface area (Å²) < 4.78 is 6.04. The topological polar surface area (TPSA) is 26.3 Å². The van der Waals surface area contributed by atoms with Crippen molar-refractivity contribution in [1.29, 1.82) is 0 Å². The molecule has 0 aliphatic heterocycles. The van der Waals surface area contributed by atoms with E-state index in [1.807, 2.05) is 32.0 Å². The van der Waals surface area contributed by atoms with Crippen molar-refractivity contribution in [1.82, 2.24) is 0 Å². The molecule has 0 radical (unpaired) electrons. The molecule has 2 nitrogen and oxygen atoms in total. The molecule has 1 rings (SSSR count). The van der Waals surface area contributed by atoms with Gasteiger partial charge in [-0.05, 0) is 55.4 Å². The van der Waals surface area contributed by atoms with E-state index in [1.165, 1.54) is 12.8 Å². The van der Waals surface area contributed by atoms with Crippen LogP contribution in [-0.4, -0.2) is 12.4 Å². The lowest BCUT2D eigenvalue weighted by Crippen LogP contribution is -2.14. The average Bonchev–Trinajstić information content (AvgIpc) is 2.58. The summed E-state index contributed by atoms with van der Waals surface area (Å²) in [6.07, 6.45) is 4.98. The second-order valence-electron chi connectivity index (χ2n) is 7.00. The highest BCUT2D eigenvalue weighted by Gasteiger charge is 2.14. The monoisotopic (exact) mass is 330 g/mol. The van der Waals surface area contributed by atoms with Gasteiger partial charge in [0, 0.05) is 12.0 Å². The lowest BCUT2D eigenvalue weighted by molar-refractivity contribution is 0.0981. The quantitative estimate of drug-likeness (QED) is 0.430. The first-order chi connectivity index (χ1) is 11.4. The van der Waals surface area contributed by atoms with Crippen LogP contribution >= 0.6 is 0 Å². The highest BCUT2D eigenvalue weighted by molar-refractivity contribution is 6.00. The van der Waals surface area contributed by atoms with Gasteiger partial charge in [-0.3, -0.25) is 4.79 Å². The summed E-state index contributed by atoms with van der Waals surface area (Å²) >= 11 is 0. The fraction of sp³-hybridized carbons (Fsp3) is 0.591. The Morgan fingerprint density at radius 1 is 1.17 bits per heavy atom. The van der Waals surface area contributed by atoms with Gasteiger partial charge in [-0.15, -0.1) is 0 Å². The summed E-state index contributed by atoms with van der Waals surface area (Å²) in [7, 11) is 0. The van der Waals surface area contributed by atoms with Gasteiger partial charge in [0.15, 0.2) is 5.78 Å². The molecule has 0 saturated carbocycles. The zero-order chi connectivity index (χ0) is 18.1. The van der Waals surface area contributed by atoms with Crippen LogP contribution in [0.1, 0.15) is 82.6 Å². The Morgan fingerprint density at radius 2 is 1.88 bits per heavy atom. The van der Waals surface area contributed by atoms with Crippen molar-refractivity contribution in [2.75, 3.05) is 6.61 Å². The molecule has 134 valence electrons. The number of allylic oxidation sites excluding steroid dienone is 1. The summed E-state index contributed by atoms with van der Waals surface area (Å²) in [6.45, 7) is 15.5. The summed E-state index contributed by atoms with van der Waals surface area (Å²) in [5.74, 6) is 2.34. The van der Waals surface area contributed by atoms with E-state index in [1.54, 1.807) is 0 Å². The molecular formula is C22H34O2. The molecule has 0 spiro atoms. The standard InChI is InChI=1S/C22H34O2/c1-7-10-22(23)20-12-11-19(14-21(20)16(4)5)24-15-18(9-3)13-17(6)8-2/h11-12,14,17-18H,4,7-10,13,15H2,1-3,5-6H3. The summed E-state index contributed by atoms with van der Waals surface area (Å²) in [5, 5.41) is 0. The lowest BCUT2D eigenvalue weighted by atomic mass is 9.93. The normalized spacial score (nSPS) is 13.4. The molecule has 0 aromatic heterocycles. The fourth-order valence-corrected chi connectivity index (χ4v) is 2.87. The predicted octanol–water partition coefficient (Wildman–Crippen LogP) is 6.54. The molecule has 0 heterocycles. The summed E-state index contributed by atoms with van der Waals surface area (Å²) in [4.78, 5) is 12.3. The van der Waals surface area contributed by atoms with Crippen LogP contribution in [0.2, 0.25) is 0 Å². The van der Waals surface area contributed by atoms with Gasteiger partial charge in [-0.25, -0.2) is 0 Å². The number of carbonyl (C=O) groups excluding carboxylic acids is 1. The maximum Gasteiger partial charge on any atom is 0.163 e. The summed E-state index contributed by atoms with van der Waals surface area (Å²) in [5.41, 5.74) is 2.59. The molecule has 1 aromatic carbocycles. The van der Waals surface area contributed by atoms with E-state index in [9.17, 15) is 4.79 Å². The summed E-state index contributed by atoms with van der Waals surface area (Å²) in [6, 6.07) is 5.79. The molecule has 0 bridgehead atoms. The van der Waals surface area contributed by atoms with Crippen LogP contribution in [0.3, 0.4) is 0 Å². The molecule has 2 heteroatoms. The minimum Gasteiger partial charge on any atom is -0.493 e. The van der Waals surface area contributed by atoms with E-state index < -0.39 is 0 Å². The second-order valence-corrected chi connectivity index (χ2v) is 7.00.